The van der Waals surface area contributed by atoms with Crippen LogP contribution in [0.3, 0.4) is 0 Å². The van der Waals surface area contributed by atoms with Gasteiger partial charge in [0.25, 0.3) is 0 Å². The number of esters is 1. The van der Waals surface area contributed by atoms with Gasteiger partial charge in [0.2, 0.25) is 0 Å². The normalized spacial score (nSPS) is 13.3. The van der Waals surface area contributed by atoms with Crippen molar-refractivity contribution in [2.24, 2.45) is 0 Å². The monoisotopic (exact) mass is 348 g/mol. The van der Waals surface area contributed by atoms with Gasteiger partial charge in [0.05, 0.1) is 0 Å². The number of aliphatic hydroxyl groups is 1. The first-order chi connectivity index (χ1) is 11.3. The fourth-order valence-corrected chi connectivity index (χ4v) is 2.08. The average Bonchev–Trinajstić information content (AvgIpc) is 2.48. The van der Waals surface area contributed by atoms with Crippen molar-refractivity contribution in [1.82, 2.24) is 0 Å². The molecule has 1 atom stereocenters. The second-order valence-corrected chi connectivity index (χ2v) is 8.59. The molecule has 1 aromatic carbocycles. The molecule has 0 aliphatic carbocycles. The zero-order valence-electron chi connectivity index (χ0n) is 16.6. The largest absolute Gasteiger partial charge is 0.491 e. The second kappa shape index (κ2) is 8.05. The molecule has 1 rings (SSSR count). The van der Waals surface area contributed by atoms with Gasteiger partial charge in [0, 0.05) is 5.57 Å². The third-order valence-corrected chi connectivity index (χ3v) is 3.84. The van der Waals surface area contributed by atoms with Gasteiger partial charge in [-0.2, -0.15) is 0 Å². The molecule has 1 unspecified atom stereocenters. The Labute approximate surface area is 151 Å². The maximum atomic E-state index is 11.4. The van der Waals surface area contributed by atoms with E-state index in [1.807, 2.05) is 12.1 Å². The lowest BCUT2D eigenvalue weighted by molar-refractivity contribution is -0.142. The summed E-state index contributed by atoms with van der Waals surface area (Å²) in [5.41, 5.74) is 2.65. The van der Waals surface area contributed by atoms with E-state index in [9.17, 15) is 9.90 Å². The van der Waals surface area contributed by atoms with Gasteiger partial charge in [-0.05, 0) is 41.0 Å². The van der Waals surface area contributed by atoms with Crippen LogP contribution in [0.2, 0.25) is 0 Å². The fraction of sp³-hybridized carbons (Fsp3) is 0.571. The highest BCUT2D eigenvalue weighted by atomic mass is 16.5. The Morgan fingerprint density at radius 2 is 1.52 bits per heavy atom. The number of rotatable bonds is 6. The molecule has 0 saturated heterocycles. The molecule has 1 N–H and O–H groups in total. The van der Waals surface area contributed by atoms with Crippen LogP contribution in [-0.4, -0.2) is 30.4 Å². The number of carbonyl (C=O) groups is 1. The Morgan fingerprint density at radius 1 is 1.04 bits per heavy atom. The minimum absolute atomic E-state index is 0.00496. The first kappa shape index (κ1) is 21.2. The Kier molecular flexibility index (Phi) is 6.83. The van der Waals surface area contributed by atoms with Crippen molar-refractivity contribution >= 4 is 5.97 Å². The number of hydrogen-bond donors (Lipinski definition) is 1. The van der Waals surface area contributed by atoms with Gasteiger partial charge in [-0.15, -0.1) is 0 Å². The van der Waals surface area contributed by atoms with Crippen molar-refractivity contribution in [3.05, 3.63) is 41.5 Å². The van der Waals surface area contributed by atoms with E-state index in [0.29, 0.717) is 11.3 Å². The third-order valence-electron chi connectivity index (χ3n) is 3.84. The Bertz CT molecular complexity index is 586. The molecular formula is C21H32O4. The highest BCUT2D eigenvalue weighted by Gasteiger charge is 2.21. The van der Waals surface area contributed by atoms with Crippen LogP contribution in [-0.2, 0) is 20.4 Å². The summed E-state index contributed by atoms with van der Waals surface area (Å²) >= 11 is 0. The van der Waals surface area contributed by atoms with E-state index in [1.165, 1.54) is 11.1 Å². The number of aliphatic hydroxyl groups excluding tert-OH is 1. The Morgan fingerprint density at radius 3 is 1.92 bits per heavy atom. The van der Waals surface area contributed by atoms with E-state index in [0.717, 1.165) is 0 Å². The minimum atomic E-state index is -0.889. The van der Waals surface area contributed by atoms with E-state index < -0.39 is 12.1 Å². The van der Waals surface area contributed by atoms with Crippen LogP contribution in [0.1, 0.15) is 59.6 Å². The summed E-state index contributed by atoms with van der Waals surface area (Å²) < 4.78 is 10.7. The summed E-state index contributed by atoms with van der Waals surface area (Å²) in [7, 11) is 0. The molecule has 0 spiro atoms. The SMILES string of the molecule is C=C(C)C(=O)OCC(O)COc1cc(C(C)(C)C)cc(C(C)(C)C)c1. The summed E-state index contributed by atoms with van der Waals surface area (Å²) in [6.45, 7) is 18.0. The van der Waals surface area contributed by atoms with Crippen molar-refractivity contribution in [3.8, 4) is 5.75 Å². The van der Waals surface area contributed by atoms with E-state index in [4.69, 9.17) is 9.47 Å². The zero-order chi connectivity index (χ0) is 19.4. The van der Waals surface area contributed by atoms with Gasteiger partial charge in [0.1, 0.15) is 25.1 Å². The van der Waals surface area contributed by atoms with Gasteiger partial charge in [0.15, 0.2) is 0 Å². The predicted molar refractivity (Wildman–Crippen MR) is 101 cm³/mol. The average molecular weight is 348 g/mol. The first-order valence-corrected chi connectivity index (χ1v) is 8.60. The van der Waals surface area contributed by atoms with Gasteiger partial charge >= 0.3 is 5.97 Å². The molecule has 4 nitrogen and oxygen atoms in total. The van der Waals surface area contributed by atoms with Crippen molar-refractivity contribution < 1.29 is 19.4 Å². The molecule has 25 heavy (non-hydrogen) atoms. The lowest BCUT2D eigenvalue weighted by Crippen LogP contribution is -2.25. The lowest BCUT2D eigenvalue weighted by atomic mass is 9.80. The van der Waals surface area contributed by atoms with Crippen LogP contribution >= 0.6 is 0 Å². The van der Waals surface area contributed by atoms with Crippen molar-refractivity contribution in [1.29, 1.82) is 0 Å². The molecule has 0 fully saturated rings. The predicted octanol–water partition coefficient (Wildman–Crippen LogP) is 4.14. The number of hydrogen-bond acceptors (Lipinski definition) is 4. The summed E-state index contributed by atoms with van der Waals surface area (Å²) in [5.74, 6) is 0.200. The molecule has 0 saturated carbocycles. The Hall–Kier alpha value is -1.81. The maximum Gasteiger partial charge on any atom is 0.333 e. The molecule has 1 aromatic rings. The van der Waals surface area contributed by atoms with E-state index in [2.05, 4.69) is 54.2 Å². The summed E-state index contributed by atoms with van der Waals surface area (Å²) in [6, 6.07) is 6.21. The van der Waals surface area contributed by atoms with Gasteiger partial charge in [-0.3, -0.25) is 0 Å². The van der Waals surface area contributed by atoms with E-state index in [-0.39, 0.29) is 24.0 Å². The quantitative estimate of drug-likeness (QED) is 0.620. The molecular weight excluding hydrogens is 316 g/mol. The van der Waals surface area contributed by atoms with Crippen molar-refractivity contribution in [3.63, 3.8) is 0 Å². The van der Waals surface area contributed by atoms with Gasteiger partial charge in [-0.25, -0.2) is 4.79 Å². The molecule has 0 bridgehead atoms. The van der Waals surface area contributed by atoms with Gasteiger partial charge in [-0.1, -0.05) is 54.2 Å². The van der Waals surface area contributed by atoms with Crippen molar-refractivity contribution in [2.75, 3.05) is 13.2 Å². The number of ether oxygens (including phenoxy) is 2. The molecule has 0 aliphatic rings. The van der Waals surface area contributed by atoms with Crippen LogP contribution in [0.4, 0.5) is 0 Å². The second-order valence-electron chi connectivity index (χ2n) is 8.59. The fourth-order valence-electron chi connectivity index (χ4n) is 2.08. The van der Waals surface area contributed by atoms with Crippen molar-refractivity contribution in [2.45, 2.75) is 65.4 Å². The molecule has 140 valence electrons. The maximum absolute atomic E-state index is 11.4. The summed E-state index contributed by atoms with van der Waals surface area (Å²) in [4.78, 5) is 11.4. The molecule has 0 radical (unpaired) electrons. The number of benzene rings is 1. The van der Waals surface area contributed by atoms with Gasteiger partial charge < -0.3 is 14.6 Å². The molecule has 4 heteroatoms. The highest BCUT2D eigenvalue weighted by molar-refractivity contribution is 5.86. The lowest BCUT2D eigenvalue weighted by Gasteiger charge is -2.26. The zero-order valence-corrected chi connectivity index (χ0v) is 16.6. The van der Waals surface area contributed by atoms with Crippen LogP contribution in [0.15, 0.2) is 30.4 Å². The first-order valence-electron chi connectivity index (χ1n) is 8.60. The standard InChI is InChI=1S/C21H32O4/c1-14(2)19(23)25-13-17(22)12-24-18-10-15(20(3,4)5)9-16(11-18)21(6,7)8/h9-11,17,22H,1,12-13H2,2-8H3. The number of carbonyl (C=O) groups excluding carboxylic acids is 1. The Balaban J connectivity index is 2.84. The van der Waals surface area contributed by atoms with E-state index in [1.54, 1.807) is 6.92 Å². The summed E-state index contributed by atoms with van der Waals surface area (Å²) in [5, 5.41) is 9.97. The van der Waals surface area contributed by atoms with Crippen LogP contribution in [0, 0.1) is 0 Å². The van der Waals surface area contributed by atoms with E-state index >= 15 is 0 Å². The van der Waals surface area contributed by atoms with Crippen LogP contribution in [0.5, 0.6) is 5.75 Å². The molecule has 0 aliphatic heterocycles. The molecule has 0 amide bonds. The highest BCUT2D eigenvalue weighted by Crippen LogP contribution is 2.32. The summed E-state index contributed by atoms with van der Waals surface area (Å²) in [6.07, 6.45) is -0.889. The molecule has 0 heterocycles. The third kappa shape index (κ3) is 6.91. The topological polar surface area (TPSA) is 55.8 Å². The molecule has 0 aromatic heterocycles. The minimum Gasteiger partial charge on any atom is -0.491 e. The van der Waals surface area contributed by atoms with Crippen LogP contribution in [0.25, 0.3) is 0 Å². The smallest absolute Gasteiger partial charge is 0.333 e. The van der Waals surface area contributed by atoms with Crippen LogP contribution < -0.4 is 4.74 Å².